The number of benzene rings is 4. The van der Waals surface area contributed by atoms with Gasteiger partial charge in [-0.1, -0.05) is 60.7 Å². The van der Waals surface area contributed by atoms with Gasteiger partial charge >= 0.3 is 12.2 Å². The van der Waals surface area contributed by atoms with E-state index >= 15 is 0 Å². The van der Waals surface area contributed by atoms with Crippen LogP contribution >= 0.6 is 0 Å². The summed E-state index contributed by atoms with van der Waals surface area (Å²) in [5, 5.41) is 3.19. The number of ether oxygens (including phenoxy) is 3. The fourth-order valence-electron chi connectivity index (χ4n) is 6.24. The number of fused-ring (bicyclic) bond motifs is 2. The van der Waals surface area contributed by atoms with Crippen LogP contribution in [0.15, 0.2) is 97.2 Å². The van der Waals surface area contributed by atoms with Crippen molar-refractivity contribution >= 4 is 22.8 Å². The Labute approximate surface area is 274 Å². The van der Waals surface area contributed by atoms with Gasteiger partial charge in [0, 0.05) is 18.1 Å². The van der Waals surface area contributed by atoms with Gasteiger partial charge in [-0.2, -0.15) is 13.2 Å². The number of alkyl halides is 3. The number of urea groups is 1. The van der Waals surface area contributed by atoms with Crippen molar-refractivity contribution in [1.29, 1.82) is 0 Å². The minimum Gasteiger partial charge on any atom is -0.494 e. The normalized spacial score (nSPS) is 17.2. The number of carbonyl (C=O) groups is 2. The predicted molar refractivity (Wildman–Crippen MR) is 172 cm³/mol. The molecule has 1 saturated heterocycles. The van der Waals surface area contributed by atoms with Crippen molar-refractivity contribution in [3.05, 3.63) is 119 Å². The minimum absolute atomic E-state index is 0.0951. The van der Waals surface area contributed by atoms with E-state index in [1.807, 2.05) is 36.4 Å². The van der Waals surface area contributed by atoms with Crippen LogP contribution in [-0.2, 0) is 22.9 Å². The van der Waals surface area contributed by atoms with E-state index < -0.39 is 23.3 Å². The lowest BCUT2D eigenvalue weighted by molar-refractivity contribution is -0.136. The van der Waals surface area contributed by atoms with Crippen LogP contribution in [0.4, 0.5) is 18.0 Å². The third-order valence-electron chi connectivity index (χ3n) is 8.66. The number of pyridine rings is 1. The molecule has 8 nitrogen and oxygen atoms in total. The van der Waals surface area contributed by atoms with Gasteiger partial charge in [-0.05, 0) is 77.9 Å². The second-order valence-electron chi connectivity index (χ2n) is 11.8. The van der Waals surface area contributed by atoms with E-state index in [4.69, 9.17) is 14.2 Å². The highest BCUT2D eigenvalue weighted by molar-refractivity contribution is 6.07. The minimum atomic E-state index is -4.56. The molecule has 0 aliphatic carbocycles. The zero-order valence-corrected chi connectivity index (χ0v) is 25.8. The number of nitrogens with one attached hydrogen (secondary N) is 1. The van der Waals surface area contributed by atoms with Gasteiger partial charge in [-0.3, -0.25) is 14.7 Å². The molecule has 11 heteroatoms. The summed E-state index contributed by atoms with van der Waals surface area (Å²) in [6.07, 6.45) is -2.22. The third kappa shape index (κ3) is 5.76. The molecule has 3 heterocycles. The van der Waals surface area contributed by atoms with Crippen LogP contribution < -0.4 is 19.5 Å². The van der Waals surface area contributed by atoms with Gasteiger partial charge in [0.05, 0.1) is 17.7 Å². The highest BCUT2D eigenvalue weighted by Crippen LogP contribution is 2.40. The number of nitrogens with zero attached hydrogens (tertiary/aromatic N) is 2. The Hall–Kier alpha value is -5.58. The lowest BCUT2D eigenvalue weighted by Gasteiger charge is -2.22. The first kappa shape index (κ1) is 31.0. The Balaban J connectivity index is 1.09. The first-order valence-electron chi connectivity index (χ1n) is 15.4. The molecule has 0 spiro atoms. The van der Waals surface area contributed by atoms with Gasteiger partial charge in [0.1, 0.15) is 11.3 Å². The topological polar surface area (TPSA) is 90.0 Å². The van der Waals surface area contributed by atoms with Crippen LogP contribution in [0.3, 0.4) is 0 Å². The fourth-order valence-corrected chi connectivity index (χ4v) is 6.24. The van der Waals surface area contributed by atoms with Crippen LogP contribution in [0.2, 0.25) is 0 Å². The number of amides is 3. The van der Waals surface area contributed by atoms with Crippen LogP contribution in [0.5, 0.6) is 17.2 Å². The van der Waals surface area contributed by atoms with Crippen molar-refractivity contribution in [2.75, 3.05) is 19.9 Å². The summed E-state index contributed by atoms with van der Waals surface area (Å²) in [4.78, 5) is 31.7. The fraction of sp³-hybridized carbons (Fsp3) is 0.216. The molecule has 1 N–H and O–H groups in total. The molecule has 1 aromatic heterocycles. The van der Waals surface area contributed by atoms with Crippen molar-refractivity contribution in [1.82, 2.24) is 15.2 Å². The molecule has 0 radical (unpaired) electrons. The summed E-state index contributed by atoms with van der Waals surface area (Å²) in [7, 11) is 0. The van der Waals surface area contributed by atoms with Crippen molar-refractivity contribution in [3.8, 4) is 28.4 Å². The van der Waals surface area contributed by atoms with Crippen molar-refractivity contribution in [2.24, 2.45) is 0 Å². The maximum atomic E-state index is 14.0. The number of carbonyl (C=O) groups excluding carboxylic acids is 2. The molecule has 48 heavy (non-hydrogen) atoms. The number of imide groups is 1. The molecule has 1 unspecified atom stereocenters. The average Bonchev–Trinajstić information content (AvgIpc) is 3.64. The van der Waals surface area contributed by atoms with Crippen LogP contribution in [0, 0.1) is 0 Å². The summed E-state index contributed by atoms with van der Waals surface area (Å²) in [6.45, 7) is 2.06. The summed E-state index contributed by atoms with van der Waals surface area (Å²) < 4.78 is 58.7. The van der Waals surface area contributed by atoms with Crippen molar-refractivity contribution < 1.29 is 37.0 Å². The summed E-state index contributed by atoms with van der Waals surface area (Å²) >= 11 is 0. The third-order valence-corrected chi connectivity index (χ3v) is 8.66. The Bertz CT molecular complexity index is 2040. The van der Waals surface area contributed by atoms with Gasteiger partial charge < -0.3 is 19.5 Å². The SMILES string of the molecule is CC1(c2ccc3c(c2)OCO3)NC(=O)N(CCCOc2cccc(-c3c(Cc4ccccc4)cnc4c(C(F)(F)F)cccc34)c2)C1=O. The number of para-hydroxylation sites is 1. The molecule has 0 bridgehead atoms. The predicted octanol–water partition coefficient (Wildman–Crippen LogP) is 7.48. The van der Waals surface area contributed by atoms with E-state index in [1.54, 1.807) is 49.4 Å². The quantitative estimate of drug-likeness (QED) is 0.131. The van der Waals surface area contributed by atoms with Gasteiger partial charge in [-0.15, -0.1) is 0 Å². The molecule has 7 rings (SSSR count). The Morgan fingerprint density at radius 3 is 2.54 bits per heavy atom. The standard InChI is InChI=1S/C37H30F3N3O5/c1-36(26-14-15-30-31(20-26)48-22-47-30)34(44)43(35(45)42-36)16-7-17-46-27-11-5-10-24(19-27)32-25(18-23-8-3-2-4-9-23)21-41-33-28(32)12-6-13-29(33)37(38,39)40/h2-6,8-15,19-21H,7,16-18,22H2,1H3,(H,42,45). The second kappa shape index (κ2) is 12.2. The first-order chi connectivity index (χ1) is 23.1. The molecular weight excluding hydrogens is 623 g/mol. The molecular formula is C37H30F3N3O5. The lowest BCUT2D eigenvalue weighted by Crippen LogP contribution is -2.41. The smallest absolute Gasteiger partial charge is 0.418 e. The van der Waals surface area contributed by atoms with E-state index in [0.717, 1.165) is 17.2 Å². The molecule has 1 fully saturated rings. The monoisotopic (exact) mass is 653 g/mol. The largest absolute Gasteiger partial charge is 0.494 e. The number of halogens is 3. The highest BCUT2D eigenvalue weighted by atomic mass is 19.4. The maximum Gasteiger partial charge on any atom is 0.418 e. The zero-order chi connectivity index (χ0) is 33.5. The van der Waals surface area contributed by atoms with Gasteiger partial charge in [-0.25, -0.2) is 4.79 Å². The number of rotatable bonds is 9. The second-order valence-corrected chi connectivity index (χ2v) is 11.8. The lowest BCUT2D eigenvalue weighted by atomic mass is 9.91. The van der Waals surface area contributed by atoms with E-state index in [0.29, 0.717) is 52.2 Å². The van der Waals surface area contributed by atoms with Crippen LogP contribution in [0.25, 0.3) is 22.0 Å². The number of hydrogen-bond donors (Lipinski definition) is 1. The Morgan fingerprint density at radius 1 is 0.938 bits per heavy atom. The van der Waals surface area contributed by atoms with E-state index in [9.17, 15) is 22.8 Å². The van der Waals surface area contributed by atoms with Crippen LogP contribution in [0.1, 0.15) is 35.6 Å². The first-order valence-corrected chi connectivity index (χ1v) is 15.4. The molecule has 2 aliphatic rings. The number of hydrogen-bond acceptors (Lipinski definition) is 6. The number of aromatic nitrogens is 1. The van der Waals surface area contributed by atoms with Gasteiger partial charge in [0.25, 0.3) is 5.91 Å². The van der Waals surface area contributed by atoms with Crippen LogP contribution in [-0.4, -0.2) is 41.8 Å². The molecule has 4 aromatic carbocycles. The van der Waals surface area contributed by atoms with E-state index in [1.165, 1.54) is 17.2 Å². The molecule has 2 aliphatic heterocycles. The van der Waals surface area contributed by atoms with Gasteiger partial charge in [0.15, 0.2) is 11.5 Å². The molecule has 1 atom stereocenters. The summed E-state index contributed by atoms with van der Waals surface area (Å²) in [5.41, 5.74) is 1.49. The van der Waals surface area contributed by atoms with Crippen molar-refractivity contribution in [2.45, 2.75) is 31.5 Å². The van der Waals surface area contributed by atoms with Gasteiger partial charge in [0.2, 0.25) is 6.79 Å². The highest BCUT2D eigenvalue weighted by Gasteiger charge is 2.49. The maximum absolute atomic E-state index is 14.0. The van der Waals surface area contributed by atoms with E-state index in [2.05, 4.69) is 10.3 Å². The zero-order valence-electron chi connectivity index (χ0n) is 25.8. The van der Waals surface area contributed by atoms with E-state index in [-0.39, 0.29) is 31.4 Å². The Morgan fingerprint density at radius 2 is 1.73 bits per heavy atom. The molecule has 3 amide bonds. The molecule has 244 valence electrons. The molecule has 5 aromatic rings. The Kier molecular flexibility index (Phi) is 7.90. The summed E-state index contributed by atoms with van der Waals surface area (Å²) in [5.74, 6) is 1.20. The molecule has 0 saturated carbocycles. The summed E-state index contributed by atoms with van der Waals surface area (Å²) in [6, 6.07) is 25.5. The van der Waals surface area contributed by atoms with Crippen molar-refractivity contribution in [3.63, 3.8) is 0 Å². The average molecular weight is 654 g/mol.